The summed E-state index contributed by atoms with van der Waals surface area (Å²) >= 11 is 3.42. The molecule has 0 radical (unpaired) electrons. The molecule has 4 heteroatoms. The van der Waals surface area contributed by atoms with E-state index in [0.29, 0.717) is 12.3 Å². The van der Waals surface area contributed by atoms with Crippen molar-refractivity contribution in [3.05, 3.63) is 64.3 Å². The first-order chi connectivity index (χ1) is 10.2. The van der Waals surface area contributed by atoms with E-state index in [-0.39, 0.29) is 0 Å². The predicted molar refractivity (Wildman–Crippen MR) is 89.5 cm³/mol. The fourth-order valence-corrected chi connectivity index (χ4v) is 2.89. The molecule has 3 aromatic rings. The lowest BCUT2D eigenvalue weighted by molar-refractivity contribution is 0.464. The molecular weight excluding hydrogens is 328 g/mol. The molecule has 0 spiro atoms. The zero-order chi connectivity index (χ0) is 14.7. The third-order valence-corrected chi connectivity index (χ3v) is 4.10. The first-order valence-corrected chi connectivity index (χ1v) is 7.76. The normalized spacial score (nSPS) is 11.1. The standard InChI is InChI=1S/C17H17BrN2O/c18-14-5-6-17(21)13(9-14)10-19-8-7-12-11-20-16-4-2-1-3-15(12)16/h1-6,9,11,19-21H,7-8,10H2. The average molecular weight is 345 g/mol. The lowest BCUT2D eigenvalue weighted by Crippen LogP contribution is -2.16. The zero-order valence-corrected chi connectivity index (χ0v) is 13.2. The first-order valence-electron chi connectivity index (χ1n) is 6.97. The van der Waals surface area contributed by atoms with Gasteiger partial charge in [0.25, 0.3) is 0 Å². The van der Waals surface area contributed by atoms with Crippen LogP contribution in [-0.2, 0) is 13.0 Å². The Morgan fingerprint density at radius 3 is 2.86 bits per heavy atom. The molecule has 0 fully saturated rings. The summed E-state index contributed by atoms with van der Waals surface area (Å²) in [4.78, 5) is 3.29. The van der Waals surface area contributed by atoms with Crippen molar-refractivity contribution in [3.63, 3.8) is 0 Å². The molecule has 2 aromatic carbocycles. The van der Waals surface area contributed by atoms with Gasteiger partial charge in [0.1, 0.15) is 5.75 Å². The molecule has 0 aliphatic heterocycles. The van der Waals surface area contributed by atoms with E-state index >= 15 is 0 Å². The molecule has 21 heavy (non-hydrogen) atoms. The summed E-state index contributed by atoms with van der Waals surface area (Å²) in [7, 11) is 0. The Kier molecular flexibility index (Phi) is 4.27. The summed E-state index contributed by atoms with van der Waals surface area (Å²) in [6, 6.07) is 13.8. The quantitative estimate of drug-likeness (QED) is 0.613. The molecule has 0 bridgehead atoms. The Morgan fingerprint density at radius 1 is 1.10 bits per heavy atom. The Hall–Kier alpha value is -1.78. The molecule has 1 aromatic heterocycles. The second-order valence-corrected chi connectivity index (χ2v) is 5.97. The van der Waals surface area contributed by atoms with Crippen molar-refractivity contribution in [1.82, 2.24) is 10.3 Å². The van der Waals surface area contributed by atoms with Crippen LogP contribution in [0.5, 0.6) is 5.75 Å². The largest absolute Gasteiger partial charge is 0.508 e. The van der Waals surface area contributed by atoms with Crippen LogP contribution in [0.4, 0.5) is 0 Å². The highest BCUT2D eigenvalue weighted by Gasteiger charge is 2.04. The number of rotatable bonds is 5. The van der Waals surface area contributed by atoms with Gasteiger partial charge in [0.05, 0.1) is 0 Å². The Labute approximate surface area is 132 Å². The fourth-order valence-electron chi connectivity index (χ4n) is 2.48. The number of halogens is 1. The number of aromatic nitrogens is 1. The number of H-pyrrole nitrogens is 1. The second-order valence-electron chi connectivity index (χ2n) is 5.06. The van der Waals surface area contributed by atoms with Gasteiger partial charge < -0.3 is 15.4 Å². The molecule has 0 amide bonds. The van der Waals surface area contributed by atoms with Crippen molar-refractivity contribution in [2.24, 2.45) is 0 Å². The molecule has 3 N–H and O–H groups in total. The van der Waals surface area contributed by atoms with Gasteiger partial charge in [-0.05, 0) is 42.8 Å². The van der Waals surface area contributed by atoms with Crippen molar-refractivity contribution < 1.29 is 5.11 Å². The van der Waals surface area contributed by atoms with Crippen LogP contribution in [0, 0.1) is 0 Å². The van der Waals surface area contributed by atoms with E-state index in [9.17, 15) is 5.11 Å². The van der Waals surface area contributed by atoms with Crippen molar-refractivity contribution in [2.75, 3.05) is 6.54 Å². The lowest BCUT2D eigenvalue weighted by atomic mass is 10.1. The van der Waals surface area contributed by atoms with E-state index in [1.54, 1.807) is 6.07 Å². The van der Waals surface area contributed by atoms with Crippen LogP contribution in [0.15, 0.2) is 53.1 Å². The number of hydrogen-bond acceptors (Lipinski definition) is 2. The number of aromatic hydroxyl groups is 1. The summed E-state index contributed by atoms with van der Waals surface area (Å²) in [5, 5.41) is 14.5. The monoisotopic (exact) mass is 344 g/mol. The van der Waals surface area contributed by atoms with Gasteiger partial charge in [0.2, 0.25) is 0 Å². The molecule has 0 saturated heterocycles. The van der Waals surface area contributed by atoms with E-state index in [1.807, 2.05) is 18.2 Å². The number of benzene rings is 2. The van der Waals surface area contributed by atoms with Gasteiger partial charge in [-0.1, -0.05) is 34.1 Å². The number of aromatic amines is 1. The molecule has 0 saturated carbocycles. The van der Waals surface area contributed by atoms with Gasteiger partial charge in [-0.3, -0.25) is 0 Å². The van der Waals surface area contributed by atoms with Gasteiger partial charge >= 0.3 is 0 Å². The number of hydrogen-bond donors (Lipinski definition) is 3. The Balaban J connectivity index is 1.58. The van der Waals surface area contributed by atoms with E-state index in [1.165, 1.54) is 16.5 Å². The molecule has 108 valence electrons. The van der Waals surface area contributed by atoms with Crippen molar-refractivity contribution in [1.29, 1.82) is 0 Å². The summed E-state index contributed by atoms with van der Waals surface area (Å²) in [5.74, 6) is 0.331. The minimum absolute atomic E-state index is 0.331. The van der Waals surface area contributed by atoms with E-state index in [2.05, 4.69) is 50.6 Å². The van der Waals surface area contributed by atoms with Crippen LogP contribution in [0.1, 0.15) is 11.1 Å². The topological polar surface area (TPSA) is 48.0 Å². The molecule has 0 aliphatic carbocycles. The SMILES string of the molecule is Oc1ccc(Br)cc1CNCCc1c[nH]c2ccccc12. The molecule has 0 atom stereocenters. The van der Waals surface area contributed by atoms with Crippen LogP contribution < -0.4 is 5.32 Å². The van der Waals surface area contributed by atoms with Crippen LogP contribution in [-0.4, -0.2) is 16.6 Å². The number of phenolic OH excluding ortho intramolecular Hbond substituents is 1. The molecular formula is C17H17BrN2O. The van der Waals surface area contributed by atoms with Gasteiger partial charge in [-0.25, -0.2) is 0 Å². The summed E-state index contributed by atoms with van der Waals surface area (Å²) in [5.41, 5.74) is 3.40. The maximum absolute atomic E-state index is 9.79. The fraction of sp³-hybridized carbons (Fsp3) is 0.176. The smallest absolute Gasteiger partial charge is 0.120 e. The molecule has 3 nitrogen and oxygen atoms in total. The molecule has 0 unspecified atom stereocenters. The third-order valence-electron chi connectivity index (χ3n) is 3.60. The Bertz CT molecular complexity index is 751. The van der Waals surface area contributed by atoms with Gasteiger partial charge in [-0.2, -0.15) is 0 Å². The zero-order valence-electron chi connectivity index (χ0n) is 11.6. The summed E-state index contributed by atoms with van der Waals surface area (Å²) in [6.07, 6.45) is 3.03. The number of fused-ring (bicyclic) bond motifs is 1. The minimum atomic E-state index is 0.331. The predicted octanol–water partition coefficient (Wildman–Crippen LogP) is 3.97. The number of nitrogens with one attached hydrogen (secondary N) is 2. The molecule has 1 heterocycles. The van der Waals surface area contributed by atoms with Gasteiger partial charge in [0, 0.05) is 33.7 Å². The van der Waals surface area contributed by atoms with Crippen LogP contribution in [0.25, 0.3) is 10.9 Å². The van der Waals surface area contributed by atoms with Crippen LogP contribution in [0.2, 0.25) is 0 Å². The highest BCUT2D eigenvalue weighted by atomic mass is 79.9. The van der Waals surface area contributed by atoms with E-state index in [4.69, 9.17) is 0 Å². The van der Waals surface area contributed by atoms with E-state index in [0.717, 1.165) is 23.0 Å². The minimum Gasteiger partial charge on any atom is -0.508 e. The Morgan fingerprint density at radius 2 is 1.95 bits per heavy atom. The number of para-hydroxylation sites is 1. The molecule has 0 aliphatic rings. The van der Waals surface area contributed by atoms with Crippen molar-refractivity contribution >= 4 is 26.8 Å². The van der Waals surface area contributed by atoms with Crippen LogP contribution in [0.3, 0.4) is 0 Å². The third kappa shape index (κ3) is 3.28. The molecule has 3 rings (SSSR count). The average Bonchev–Trinajstić information content (AvgIpc) is 2.90. The van der Waals surface area contributed by atoms with Crippen molar-refractivity contribution in [3.8, 4) is 5.75 Å². The van der Waals surface area contributed by atoms with Crippen molar-refractivity contribution in [2.45, 2.75) is 13.0 Å². The number of phenols is 1. The van der Waals surface area contributed by atoms with Gasteiger partial charge in [-0.15, -0.1) is 0 Å². The highest BCUT2D eigenvalue weighted by Crippen LogP contribution is 2.22. The van der Waals surface area contributed by atoms with Gasteiger partial charge in [0.15, 0.2) is 0 Å². The highest BCUT2D eigenvalue weighted by molar-refractivity contribution is 9.10. The van der Waals surface area contributed by atoms with E-state index < -0.39 is 0 Å². The van der Waals surface area contributed by atoms with Crippen LogP contribution >= 0.6 is 15.9 Å². The summed E-state index contributed by atoms with van der Waals surface area (Å²) in [6.45, 7) is 1.53. The second kappa shape index (κ2) is 6.33. The first kappa shape index (κ1) is 14.2. The maximum Gasteiger partial charge on any atom is 0.120 e. The lowest BCUT2D eigenvalue weighted by Gasteiger charge is -2.07. The maximum atomic E-state index is 9.79. The summed E-state index contributed by atoms with van der Waals surface area (Å²) < 4.78 is 0.980.